The number of hydrogen-bond acceptors (Lipinski definition) is 6. The van der Waals surface area contributed by atoms with E-state index in [1.165, 1.54) is 0 Å². The lowest BCUT2D eigenvalue weighted by Gasteiger charge is -2.33. The van der Waals surface area contributed by atoms with E-state index in [9.17, 15) is 13.6 Å². The van der Waals surface area contributed by atoms with Crippen LogP contribution in [0.25, 0.3) is 11.3 Å². The molecule has 8 nitrogen and oxygen atoms in total. The van der Waals surface area contributed by atoms with Crippen molar-refractivity contribution in [2.24, 2.45) is 0 Å². The van der Waals surface area contributed by atoms with Gasteiger partial charge < -0.3 is 25.8 Å². The molecular formula is C24H31F2N7O. The third-order valence-electron chi connectivity index (χ3n) is 7.30. The molecule has 1 aromatic heterocycles. The summed E-state index contributed by atoms with van der Waals surface area (Å²) in [5, 5.41) is 2.60. The van der Waals surface area contributed by atoms with Gasteiger partial charge in [-0.1, -0.05) is 12.1 Å². The zero-order valence-electron chi connectivity index (χ0n) is 19.7. The van der Waals surface area contributed by atoms with Crippen LogP contribution in [0.4, 0.5) is 25.3 Å². The molecule has 0 spiro atoms. The van der Waals surface area contributed by atoms with Crippen molar-refractivity contribution in [3.8, 4) is 11.3 Å². The number of nitrogen functional groups attached to an aromatic ring is 1. The number of alkyl halides is 2. The molecule has 3 heterocycles. The van der Waals surface area contributed by atoms with Gasteiger partial charge in [0.05, 0.1) is 5.69 Å². The largest absolute Gasteiger partial charge is 0.368 e. The molecule has 3 N–H and O–H groups in total. The number of carbonyl (C=O) groups excluding carboxylic acids is 1. The smallest absolute Gasteiger partial charge is 0.318 e. The summed E-state index contributed by atoms with van der Waals surface area (Å²) in [5.41, 5.74) is 8.41. The number of carbonyl (C=O) groups is 1. The van der Waals surface area contributed by atoms with Crippen LogP contribution in [0.1, 0.15) is 30.9 Å². The summed E-state index contributed by atoms with van der Waals surface area (Å²) in [6.07, 6.45) is 1.29. The number of piperazine rings is 1. The topological polar surface area (TPSA) is 90.6 Å². The molecule has 0 radical (unpaired) electrons. The number of aromatic nitrogens is 2. The monoisotopic (exact) mass is 471 g/mol. The highest BCUT2D eigenvalue weighted by Crippen LogP contribution is 2.48. The summed E-state index contributed by atoms with van der Waals surface area (Å²) in [7, 11) is 2.10. The van der Waals surface area contributed by atoms with Gasteiger partial charge in [0.2, 0.25) is 5.95 Å². The summed E-state index contributed by atoms with van der Waals surface area (Å²) in [4.78, 5) is 27.8. The van der Waals surface area contributed by atoms with Crippen LogP contribution in [0, 0.1) is 0 Å². The van der Waals surface area contributed by atoms with E-state index in [1.54, 1.807) is 4.90 Å². The first-order chi connectivity index (χ1) is 16.1. The molecule has 3 aliphatic rings. The van der Waals surface area contributed by atoms with E-state index in [-0.39, 0.29) is 5.95 Å². The van der Waals surface area contributed by atoms with E-state index in [1.807, 2.05) is 18.2 Å². The molecule has 5 rings (SSSR count). The Kier molecular flexibility index (Phi) is 5.58. The molecular weight excluding hydrogens is 440 g/mol. The molecule has 1 saturated carbocycles. The number of halogens is 2. The lowest BCUT2D eigenvalue weighted by atomic mass is 9.96. The van der Waals surface area contributed by atoms with Crippen molar-refractivity contribution >= 4 is 17.8 Å². The number of amides is 2. The first kappa shape index (κ1) is 22.8. The molecule has 2 aliphatic heterocycles. The maximum Gasteiger partial charge on any atom is 0.318 e. The SMILES string of the molecule is CN1CCN(c2cc(-c3ccc4c(c3)CN(C(=O)NC3(C(C)(F)F)CC3)CC4)nc(N)n2)CC1. The summed E-state index contributed by atoms with van der Waals surface area (Å²) < 4.78 is 27.9. The zero-order chi connectivity index (χ0) is 24.1. The normalized spacial score (nSPS) is 20.1. The molecule has 2 aromatic rings. The Balaban J connectivity index is 1.34. The average Bonchev–Trinajstić information content (AvgIpc) is 3.59. The molecule has 2 amide bonds. The Hall–Kier alpha value is -3.01. The number of benzene rings is 1. The Morgan fingerprint density at radius 1 is 1.09 bits per heavy atom. The number of nitrogens with two attached hydrogens (primary N) is 1. The number of anilines is 2. The zero-order valence-corrected chi connectivity index (χ0v) is 19.7. The van der Waals surface area contributed by atoms with Crippen molar-refractivity contribution in [3.63, 3.8) is 0 Å². The molecule has 182 valence electrons. The maximum absolute atomic E-state index is 13.9. The molecule has 0 atom stereocenters. The van der Waals surface area contributed by atoms with Gasteiger partial charge >= 0.3 is 6.03 Å². The minimum atomic E-state index is -2.93. The van der Waals surface area contributed by atoms with Gasteiger partial charge in [-0.25, -0.2) is 18.6 Å². The summed E-state index contributed by atoms with van der Waals surface area (Å²) >= 11 is 0. The molecule has 1 aromatic carbocycles. The van der Waals surface area contributed by atoms with Crippen LogP contribution in [0.5, 0.6) is 0 Å². The number of nitrogens with zero attached hydrogens (tertiary/aromatic N) is 5. The van der Waals surface area contributed by atoms with Crippen LogP contribution in [0.2, 0.25) is 0 Å². The number of fused-ring (bicyclic) bond motifs is 1. The quantitative estimate of drug-likeness (QED) is 0.713. The fourth-order valence-corrected chi connectivity index (χ4v) is 4.77. The standard InChI is InChI=1S/C24H31F2N7O/c1-23(25,26)24(6-7-24)30-22(34)33-8-5-16-3-4-17(13-18(16)15-33)19-14-20(29-21(27)28-19)32-11-9-31(2)10-12-32/h3-4,13-14H,5-12,15H2,1-2H3,(H,30,34)(H2,27,28,29). The van der Waals surface area contributed by atoms with E-state index in [0.717, 1.165) is 61.3 Å². The molecule has 1 aliphatic carbocycles. The fraction of sp³-hybridized carbons (Fsp3) is 0.542. The van der Waals surface area contributed by atoms with Crippen LogP contribution >= 0.6 is 0 Å². The second-order valence-electron chi connectivity index (χ2n) is 9.82. The van der Waals surface area contributed by atoms with Crippen LogP contribution < -0.4 is 16.0 Å². The van der Waals surface area contributed by atoms with Crippen LogP contribution in [-0.2, 0) is 13.0 Å². The first-order valence-electron chi connectivity index (χ1n) is 11.8. The second kappa shape index (κ2) is 8.33. The van der Waals surface area contributed by atoms with Gasteiger partial charge in [-0.15, -0.1) is 0 Å². The predicted octanol–water partition coefficient (Wildman–Crippen LogP) is 2.73. The third-order valence-corrected chi connectivity index (χ3v) is 7.30. The fourth-order valence-electron chi connectivity index (χ4n) is 4.77. The van der Waals surface area contributed by atoms with Crippen molar-refractivity contribution in [1.29, 1.82) is 0 Å². The van der Waals surface area contributed by atoms with E-state index < -0.39 is 17.5 Å². The van der Waals surface area contributed by atoms with Gasteiger partial charge in [-0.3, -0.25) is 0 Å². The second-order valence-corrected chi connectivity index (χ2v) is 9.82. The van der Waals surface area contributed by atoms with Gasteiger partial charge in [-0.2, -0.15) is 4.98 Å². The highest BCUT2D eigenvalue weighted by molar-refractivity contribution is 5.76. The highest BCUT2D eigenvalue weighted by atomic mass is 19.3. The first-order valence-corrected chi connectivity index (χ1v) is 11.8. The molecule has 10 heteroatoms. The maximum atomic E-state index is 13.9. The minimum Gasteiger partial charge on any atom is -0.368 e. The molecule has 1 saturated heterocycles. The Bertz CT molecular complexity index is 1090. The average molecular weight is 472 g/mol. The minimum absolute atomic E-state index is 0.223. The number of urea groups is 1. The lowest BCUT2D eigenvalue weighted by molar-refractivity contribution is -0.0276. The predicted molar refractivity (Wildman–Crippen MR) is 127 cm³/mol. The van der Waals surface area contributed by atoms with Crippen molar-refractivity contribution in [2.45, 2.75) is 44.2 Å². The molecule has 2 fully saturated rings. The van der Waals surface area contributed by atoms with Gasteiger partial charge in [-0.05, 0) is 43.5 Å². The summed E-state index contributed by atoms with van der Waals surface area (Å²) in [6.45, 7) is 5.41. The van der Waals surface area contributed by atoms with E-state index in [4.69, 9.17) is 5.73 Å². The summed E-state index contributed by atoms with van der Waals surface area (Å²) in [6, 6.07) is 7.61. The highest BCUT2D eigenvalue weighted by Gasteiger charge is 2.60. The van der Waals surface area contributed by atoms with Crippen molar-refractivity contribution in [2.75, 3.05) is 50.4 Å². The van der Waals surface area contributed by atoms with Crippen LogP contribution in [0.15, 0.2) is 24.3 Å². The molecule has 0 unspecified atom stereocenters. The van der Waals surface area contributed by atoms with E-state index in [2.05, 4.69) is 38.2 Å². The van der Waals surface area contributed by atoms with Gasteiger partial charge in [0.15, 0.2) is 0 Å². The lowest BCUT2D eigenvalue weighted by Crippen LogP contribution is -2.53. The molecule has 0 bridgehead atoms. The Morgan fingerprint density at radius 2 is 1.82 bits per heavy atom. The van der Waals surface area contributed by atoms with Crippen LogP contribution in [-0.4, -0.2) is 77.0 Å². The Morgan fingerprint density at radius 3 is 2.50 bits per heavy atom. The number of likely N-dealkylation sites (N-methyl/N-ethyl adjacent to an activating group) is 1. The number of rotatable bonds is 4. The van der Waals surface area contributed by atoms with Crippen molar-refractivity contribution in [1.82, 2.24) is 25.1 Å². The van der Waals surface area contributed by atoms with Gasteiger partial charge in [0.1, 0.15) is 11.4 Å². The number of hydrogen-bond donors (Lipinski definition) is 2. The summed E-state index contributed by atoms with van der Waals surface area (Å²) in [5.74, 6) is -1.90. The Labute approximate surface area is 198 Å². The van der Waals surface area contributed by atoms with Gasteiger partial charge in [0.25, 0.3) is 5.92 Å². The van der Waals surface area contributed by atoms with Crippen molar-refractivity contribution < 1.29 is 13.6 Å². The van der Waals surface area contributed by atoms with Gasteiger partial charge in [0, 0.05) is 57.8 Å². The number of nitrogens with one attached hydrogen (secondary N) is 1. The third kappa shape index (κ3) is 4.38. The van der Waals surface area contributed by atoms with E-state index >= 15 is 0 Å². The van der Waals surface area contributed by atoms with Crippen LogP contribution in [0.3, 0.4) is 0 Å². The molecule has 34 heavy (non-hydrogen) atoms. The van der Waals surface area contributed by atoms with Crippen molar-refractivity contribution in [3.05, 3.63) is 35.4 Å². The van der Waals surface area contributed by atoms with E-state index in [0.29, 0.717) is 32.4 Å².